The van der Waals surface area contributed by atoms with E-state index in [0.29, 0.717) is 12.2 Å². The number of methoxy groups -OCH3 is 1. The quantitative estimate of drug-likeness (QED) is 0.213. The van der Waals surface area contributed by atoms with Gasteiger partial charge >= 0.3 is 5.97 Å². The fourth-order valence-corrected chi connectivity index (χ4v) is 4.60. The molecular weight excluding hydrogens is 504 g/mol. The predicted octanol–water partition coefficient (Wildman–Crippen LogP) is 6.50. The van der Waals surface area contributed by atoms with E-state index in [1.807, 2.05) is 55.6 Å². The van der Waals surface area contributed by atoms with Crippen molar-refractivity contribution in [3.8, 4) is 16.9 Å². The molecule has 7 heteroatoms. The van der Waals surface area contributed by atoms with Crippen LogP contribution in [0.25, 0.3) is 11.1 Å². The van der Waals surface area contributed by atoms with Gasteiger partial charge in [-0.25, -0.2) is 4.79 Å². The maximum Gasteiger partial charge on any atom is 0.326 e. The Labute approximate surface area is 237 Å². The normalized spacial score (nSPS) is 11.5. The number of hydrogen-bond acceptors (Lipinski definition) is 4. The number of carboxylic acids is 1. The summed E-state index contributed by atoms with van der Waals surface area (Å²) >= 11 is 0. The molecule has 2 amide bonds. The molecule has 0 unspecified atom stereocenters. The van der Waals surface area contributed by atoms with Crippen molar-refractivity contribution < 1.29 is 24.2 Å². The average Bonchev–Trinajstić information content (AvgIpc) is 2.98. The van der Waals surface area contributed by atoms with E-state index in [1.165, 1.54) is 32.8 Å². The summed E-state index contributed by atoms with van der Waals surface area (Å²) in [6.45, 7) is 2.20. The second-order valence-electron chi connectivity index (χ2n) is 9.99. The van der Waals surface area contributed by atoms with Crippen molar-refractivity contribution in [1.29, 1.82) is 0 Å². The van der Waals surface area contributed by atoms with Gasteiger partial charge in [-0.15, -0.1) is 0 Å². The molecule has 3 aromatic rings. The highest BCUT2D eigenvalue weighted by molar-refractivity contribution is 5.99. The molecule has 7 nitrogen and oxygen atoms in total. The van der Waals surface area contributed by atoms with Gasteiger partial charge in [-0.1, -0.05) is 87.6 Å². The van der Waals surface area contributed by atoms with Crippen LogP contribution in [0.2, 0.25) is 0 Å². The third-order valence-corrected chi connectivity index (χ3v) is 7.03. The van der Waals surface area contributed by atoms with E-state index < -0.39 is 17.9 Å². The Morgan fingerprint density at radius 2 is 1.57 bits per heavy atom. The fraction of sp³-hybridized carbons (Fsp3) is 0.364. The molecule has 0 aromatic heterocycles. The van der Waals surface area contributed by atoms with Gasteiger partial charge in [-0.05, 0) is 47.4 Å². The number of rotatable bonds is 15. The van der Waals surface area contributed by atoms with Crippen LogP contribution in [0.1, 0.15) is 67.8 Å². The molecule has 2 N–H and O–H groups in total. The topological polar surface area (TPSA) is 95.9 Å². The minimum atomic E-state index is -1.12. The second kappa shape index (κ2) is 15.5. The molecule has 0 saturated heterocycles. The highest BCUT2D eigenvalue weighted by Crippen LogP contribution is 2.26. The van der Waals surface area contributed by atoms with Crippen molar-refractivity contribution in [1.82, 2.24) is 5.32 Å². The summed E-state index contributed by atoms with van der Waals surface area (Å²) in [6.07, 6.45) is 7.54. The summed E-state index contributed by atoms with van der Waals surface area (Å²) in [5, 5.41) is 12.3. The zero-order valence-corrected chi connectivity index (χ0v) is 23.7. The van der Waals surface area contributed by atoms with Crippen molar-refractivity contribution in [2.75, 3.05) is 19.1 Å². The van der Waals surface area contributed by atoms with E-state index in [0.717, 1.165) is 35.2 Å². The van der Waals surface area contributed by atoms with Gasteiger partial charge in [-0.2, -0.15) is 0 Å². The maximum absolute atomic E-state index is 12.7. The number of unbranched alkanes of at least 4 members (excludes halogenated alkanes) is 5. The molecule has 0 saturated carbocycles. The predicted molar refractivity (Wildman–Crippen MR) is 159 cm³/mol. The lowest BCUT2D eigenvalue weighted by atomic mass is 10.00. The van der Waals surface area contributed by atoms with Crippen LogP contribution in [0.5, 0.6) is 5.75 Å². The summed E-state index contributed by atoms with van der Waals surface area (Å²) < 4.78 is 5.22. The number of anilines is 1. The first-order chi connectivity index (χ1) is 19.3. The summed E-state index contributed by atoms with van der Waals surface area (Å²) in [4.78, 5) is 39.1. The number of nitrogens with one attached hydrogen (secondary N) is 1. The lowest BCUT2D eigenvalue weighted by Crippen LogP contribution is -2.42. The molecule has 0 bridgehead atoms. The highest BCUT2D eigenvalue weighted by Gasteiger charge is 2.23. The summed E-state index contributed by atoms with van der Waals surface area (Å²) in [5.41, 5.74) is 3.80. The molecule has 0 spiro atoms. The standard InChI is InChI=1S/C33H40N2O5/c1-4-5-6-7-8-9-17-31(36)35(2)27-14-12-13-26(23-27)25-20-18-24(19-21-25)22-29(33(38)39)34-32(37)28-15-10-11-16-30(28)40-3/h10-16,18-21,23,29H,4-9,17,22H2,1-3H3,(H,34,37)(H,38,39)/t29-/m0/s1. The van der Waals surface area contributed by atoms with Crippen LogP contribution in [0, 0.1) is 0 Å². The minimum Gasteiger partial charge on any atom is -0.496 e. The molecule has 3 aromatic carbocycles. The van der Waals surface area contributed by atoms with Gasteiger partial charge in [-0.3, -0.25) is 9.59 Å². The third kappa shape index (κ3) is 8.70. The van der Waals surface area contributed by atoms with Crippen LogP contribution in [0.3, 0.4) is 0 Å². The van der Waals surface area contributed by atoms with Crippen molar-refractivity contribution in [2.24, 2.45) is 0 Å². The zero-order chi connectivity index (χ0) is 28.9. The van der Waals surface area contributed by atoms with Crippen LogP contribution in [-0.4, -0.2) is 43.1 Å². The van der Waals surface area contributed by atoms with Gasteiger partial charge in [0.05, 0.1) is 12.7 Å². The fourth-order valence-electron chi connectivity index (χ4n) is 4.60. The van der Waals surface area contributed by atoms with E-state index in [1.54, 1.807) is 29.2 Å². The number of carbonyl (C=O) groups excluding carboxylic acids is 2. The smallest absolute Gasteiger partial charge is 0.326 e. The van der Waals surface area contributed by atoms with Crippen LogP contribution >= 0.6 is 0 Å². The van der Waals surface area contributed by atoms with Crippen molar-refractivity contribution in [2.45, 2.75) is 64.3 Å². The number of amides is 2. The lowest BCUT2D eigenvalue weighted by molar-refractivity contribution is -0.139. The second-order valence-corrected chi connectivity index (χ2v) is 9.99. The molecule has 0 fully saturated rings. The van der Waals surface area contributed by atoms with Gasteiger partial charge in [0.15, 0.2) is 0 Å². The van der Waals surface area contributed by atoms with Crippen LogP contribution in [-0.2, 0) is 16.0 Å². The Balaban J connectivity index is 1.62. The van der Waals surface area contributed by atoms with E-state index in [9.17, 15) is 19.5 Å². The molecule has 1 atom stereocenters. The molecule has 212 valence electrons. The molecule has 0 aliphatic heterocycles. The van der Waals surface area contributed by atoms with Gasteiger partial charge in [0.25, 0.3) is 5.91 Å². The average molecular weight is 545 g/mol. The molecule has 3 rings (SSSR count). The van der Waals surface area contributed by atoms with Gasteiger partial charge in [0.2, 0.25) is 5.91 Å². The molecule has 0 heterocycles. The SMILES string of the molecule is CCCCCCCCC(=O)N(C)c1cccc(-c2ccc(C[C@H](NC(=O)c3ccccc3OC)C(=O)O)cc2)c1. The molecule has 0 aliphatic rings. The number of ether oxygens (including phenoxy) is 1. The summed E-state index contributed by atoms with van der Waals surface area (Å²) in [6, 6.07) is 21.0. The molecule has 40 heavy (non-hydrogen) atoms. The first-order valence-corrected chi connectivity index (χ1v) is 14.0. The summed E-state index contributed by atoms with van der Waals surface area (Å²) in [5.74, 6) is -1.13. The van der Waals surface area contributed by atoms with E-state index >= 15 is 0 Å². The zero-order valence-electron chi connectivity index (χ0n) is 23.7. The van der Waals surface area contributed by atoms with E-state index in [-0.39, 0.29) is 17.9 Å². The number of para-hydroxylation sites is 1. The maximum atomic E-state index is 12.7. The van der Waals surface area contributed by atoms with E-state index in [2.05, 4.69) is 12.2 Å². The Morgan fingerprint density at radius 1 is 0.875 bits per heavy atom. The Hall–Kier alpha value is -4.13. The molecular formula is C33H40N2O5. The highest BCUT2D eigenvalue weighted by atomic mass is 16.5. The third-order valence-electron chi connectivity index (χ3n) is 7.03. The number of hydrogen-bond donors (Lipinski definition) is 2. The van der Waals surface area contributed by atoms with E-state index in [4.69, 9.17) is 4.74 Å². The number of benzene rings is 3. The molecule has 0 aliphatic carbocycles. The monoisotopic (exact) mass is 544 g/mol. The first-order valence-electron chi connectivity index (χ1n) is 14.0. The van der Waals surface area contributed by atoms with Crippen LogP contribution in [0.15, 0.2) is 72.8 Å². The first kappa shape index (κ1) is 30.4. The Kier molecular flexibility index (Phi) is 11.8. The number of aliphatic carboxylic acids is 1. The van der Waals surface area contributed by atoms with Crippen molar-refractivity contribution in [3.63, 3.8) is 0 Å². The Bertz CT molecular complexity index is 1270. The minimum absolute atomic E-state index is 0.109. The largest absolute Gasteiger partial charge is 0.496 e. The lowest BCUT2D eigenvalue weighted by Gasteiger charge is -2.18. The Morgan fingerprint density at radius 3 is 2.27 bits per heavy atom. The summed E-state index contributed by atoms with van der Waals surface area (Å²) in [7, 11) is 3.28. The number of carboxylic acid groups (broad SMARTS) is 1. The van der Waals surface area contributed by atoms with Crippen LogP contribution < -0.4 is 15.0 Å². The van der Waals surface area contributed by atoms with Crippen molar-refractivity contribution >= 4 is 23.5 Å². The van der Waals surface area contributed by atoms with Gasteiger partial charge in [0, 0.05) is 25.6 Å². The number of carbonyl (C=O) groups is 3. The molecule has 0 radical (unpaired) electrons. The number of nitrogens with zero attached hydrogens (tertiary/aromatic N) is 1. The van der Waals surface area contributed by atoms with Gasteiger partial charge in [0.1, 0.15) is 11.8 Å². The van der Waals surface area contributed by atoms with Crippen LogP contribution in [0.4, 0.5) is 5.69 Å². The van der Waals surface area contributed by atoms with Gasteiger partial charge < -0.3 is 20.1 Å². The van der Waals surface area contributed by atoms with Crippen molar-refractivity contribution in [3.05, 3.63) is 83.9 Å².